The summed E-state index contributed by atoms with van der Waals surface area (Å²) in [4.78, 5) is 20.4. The SMILES string of the molecule is CO[C@@]1(C[C@H](O)c2ccccn2)/C=C/C[C@H](C)[C@@H](C)S(=O)(=O)NC(=O)c2ccc3c(c2)N(C[C@@H]2CC[C@H]21)C[C@@]1(CCCc2cc(Cl)ccc21)CO3. The van der Waals surface area contributed by atoms with Crippen LogP contribution in [-0.2, 0) is 26.6 Å². The Hall–Kier alpha value is -3.44. The Kier molecular flexibility index (Phi) is 9.99. The highest BCUT2D eigenvalue weighted by Gasteiger charge is 2.50. The molecule has 7 rings (SSSR count). The third-order valence-electron chi connectivity index (χ3n) is 12.2. The molecule has 2 aliphatic carbocycles. The minimum absolute atomic E-state index is 0.0639. The molecule has 0 radical (unpaired) electrons. The van der Waals surface area contributed by atoms with Gasteiger partial charge in [-0.25, -0.2) is 13.1 Å². The quantitative estimate of drug-likeness (QED) is 0.282. The lowest BCUT2D eigenvalue weighted by molar-refractivity contribution is -0.0992. The highest BCUT2D eigenvalue weighted by molar-refractivity contribution is 7.90. The van der Waals surface area contributed by atoms with Gasteiger partial charge in [0.15, 0.2) is 0 Å². The number of aliphatic hydroxyl groups is 1. The number of aromatic nitrogens is 1. The second-order valence-corrected chi connectivity index (χ2v) is 17.6. The second-order valence-electron chi connectivity index (χ2n) is 15.2. The number of halogens is 1. The summed E-state index contributed by atoms with van der Waals surface area (Å²) in [6, 6.07) is 16.9. The number of hydrogen-bond acceptors (Lipinski definition) is 8. The lowest BCUT2D eigenvalue weighted by atomic mass is 9.62. The van der Waals surface area contributed by atoms with Gasteiger partial charge in [-0.1, -0.05) is 42.8 Å². The largest absolute Gasteiger partial charge is 0.490 e. The van der Waals surface area contributed by atoms with Crippen molar-refractivity contribution in [1.82, 2.24) is 9.71 Å². The molecular weight excluding hydrogens is 686 g/mol. The normalized spacial score (nSPS) is 31.5. The molecule has 272 valence electrons. The van der Waals surface area contributed by atoms with Gasteiger partial charge in [0.25, 0.3) is 5.91 Å². The number of carbonyl (C=O) groups excluding carboxylic acids is 1. The van der Waals surface area contributed by atoms with Gasteiger partial charge in [-0.15, -0.1) is 0 Å². The van der Waals surface area contributed by atoms with Crippen LogP contribution in [0.1, 0.15) is 85.7 Å². The zero-order chi connectivity index (χ0) is 36.0. The summed E-state index contributed by atoms with van der Waals surface area (Å²) in [6.07, 6.45) is 10.4. The Morgan fingerprint density at radius 2 is 2.00 bits per heavy atom. The standard InChI is InChI=1S/C40H48ClN3O6S/c1-26-8-6-18-40(49-3,22-36(45)34-10-4-5-19-42-34)33-14-11-30(33)23-44-24-39(17-7-9-28-20-31(41)13-15-32(28)39)25-50-37-16-12-29(21-35(37)44)38(46)43-51(47,48)27(26)2/h4-6,10,12-13,15-16,18-21,26-27,30,33,36,45H,7-9,11,14,17,22-25H2,1-3H3,(H,43,46)/b18-6+/t26-,27+,30-,33+,36-,39-,40+/m0/s1. The van der Waals surface area contributed by atoms with Gasteiger partial charge in [-0.2, -0.15) is 0 Å². The number of pyridine rings is 1. The number of anilines is 1. The molecule has 51 heavy (non-hydrogen) atoms. The third kappa shape index (κ3) is 6.92. The number of aliphatic hydroxyl groups excluding tert-OH is 1. The predicted molar refractivity (Wildman–Crippen MR) is 199 cm³/mol. The Morgan fingerprint density at radius 3 is 2.75 bits per heavy atom. The van der Waals surface area contributed by atoms with E-state index in [0.29, 0.717) is 44.0 Å². The number of methoxy groups -OCH3 is 1. The predicted octanol–water partition coefficient (Wildman–Crippen LogP) is 6.79. The van der Waals surface area contributed by atoms with Gasteiger partial charge in [0.2, 0.25) is 10.0 Å². The van der Waals surface area contributed by atoms with Crippen LogP contribution in [0.5, 0.6) is 5.75 Å². The fraction of sp³-hybridized carbons (Fsp3) is 0.500. The van der Waals surface area contributed by atoms with E-state index in [1.807, 2.05) is 37.3 Å². The van der Waals surface area contributed by atoms with E-state index in [4.69, 9.17) is 21.1 Å². The highest BCUT2D eigenvalue weighted by atomic mass is 35.5. The molecule has 2 aromatic carbocycles. The van der Waals surface area contributed by atoms with E-state index < -0.39 is 32.9 Å². The zero-order valence-electron chi connectivity index (χ0n) is 29.6. The van der Waals surface area contributed by atoms with Crippen LogP contribution in [-0.4, -0.2) is 62.1 Å². The number of amides is 1. The van der Waals surface area contributed by atoms with E-state index in [1.165, 1.54) is 11.1 Å². The van der Waals surface area contributed by atoms with Crippen molar-refractivity contribution >= 4 is 33.2 Å². The number of sulfonamides is 1. The summed E-state index contributed by atoms with van der Waals surface area (Å²) in [5.41, 5.74) is 2.94. The molecule has 4 aliphatic rings. The fourth-order valence-corrected chi connectivity index (χ4v) is 10.3. The molecule has 3 heterocycles. The van der Waals surface area contributed by atoms with Crippen molar-refractivity contribution in [2.24, 2.45) is 17.8 Å². The Balaban J connectivity index is 1.33. The number of nitrogens with one attached hydrogen (secondary N) is 1. The molecule has 2 aliphatic heterocycles. The molecule has 7 atom stereocenters. The first-order chi connectivity index (χ1) is 24.4. The van der Waals surface area contributed by atoms with E-state index in [2.05, 4.69) is 32.8 Å². The number of carbonyl (C=O) groups is 1. The molecule has 1 aromatic heterocycles. The molecule has 2 bridgehead atoms. The number of nitrogens with zero attached hydrogens (tertiary/aromatic N) is 2. The van der Waals surface area contributed by atoms with Crippen molar-refractivity contribution in [2.45, 2.75) is 81.2 Å². The van der Waals surface area contributed by atoms with Crippen molar-refractivity contribution < 1.29 is 27.8 Å². The molecule has 1 spiro atoms. The fourth-order valence-electron chi connectivity index (χ4n) is 8.86. The zero-order valence-corrected chi connectivity index (χ0v) is 31.1. The van der Waals surface area contributed by atoms with Crippen molar-refractivity contribution in [3.63, 3.8) is 0 Å². The van der Waals surface area contributed by atoms with Crippen LogP contribution in [0.4, 0.5) is 5.69 Å². The first-order valence-electron chi connectivity index (χ1n) is 18.1. The van der Waals surface area contributed by atoms with Gasteiger partial charge in [0.1, 0.15) is 5.75 Å². The summed E-state index contributed by atoms with van der Waals surface area (Å²) >= 11 is 6.47. The molecule has 1 fully saturated rings. The van der Waals surface area contributed by atoms with Crippen molar-refractivity contribution in [3.8, 4) is 5.75 Å². The van der Waals surface area contributed by atoms with E-state index >= 15 is 0 Å². The van der Waals surface area contributed by atoms with Crippen LogP contribution in [0.3, 0.4) is 0 Å². The molecule has 0 unspecified atom stereocenters. The molecule has 1 saturated carbocycles. The summed E-state index contributed by atoms with van der Waals surface area (Å²) < 4.78 is 42.5. The highest BCUT2D eigenvalue weighted by Crippen LogP contribution is 2.51. The van der Waals surface area contributed by atoms with Crippen LogP contribution in [0, 0.1) is 17.8 Å². The number of fused-ring (bicyclic) bond motifs is 4. The van der Waals surface area contributed by atoms with Crippen LogP contribution in [0.2, 0.25) is 5.02 Å². The van der Waals surface area contributed by atoms with Crippen molar-refractivity contribution in [1.29, 1.82) is 0 Å². The van der Waals surface area contributed by atoms with Gasteiger partial charge in [-0.05, 0) is 117 Å². The maximum Gasteiger partial charge on any atom is 0.264 e. The number of aryl methyl sites for hydroxylation is 1. The van der Waals surface area contributed by atoms with Crippen LogP contribution < -0.4 is 14.4 Å². The molecule has 1 amide bonds. The molecule has 2 N–H and O–H groups in total. The molecule has 11 heteroatoms. The lowest BCUT2D eigenvalue weighted by Crippen LogP contribution is -2.53. The average molecular weight is 734 g/mol. The Bertz CT molecular complexity index is 1910. The van der Waals surface area contributed by atoms with Crippen LogP contribution in [0.25, 0.3) is 0 Å². The minimum atomic E-state index is -4.00. The Labute approximate surface area is 306 Å². The second kappa shape index (κ2) is 14.2. The van der Waals surface area contributed by atoms with Crippen molar-refractivity contribution in [2.75, 3.05) is 31.7 Å². The van der Waals surface area contributed by atoms with Gasteiger partial charge in [0, 0.05) is 48.8 Å². The van der Waals surface area contributed by atoms with Crippen molar-refractivity contribution in [3.05, 3.63) is 100 Å². The number of hydrogen-bond donors (Lipinski definition) is 2. The smallest absolute Gasteiger partial charge is 0.264 e. The van der Waals surface area contributed by atoms with E-state index in [1.54, 1.807) is 38.4 Å². The topological polar surface area (TPSA) is 118 Å². The van der Waals surface area contributed by atoms with Crippen LogP contribution >= 0.6 is 11.6 Å². The summed E-state index contributed by atoms with van der Waals surface area (Å²) in [6.45, 7) is 5.30. The van der Waals surface area contributed by atoms with E-state index in [9.17, 15) is 18.3 Å². The number of rotatable bonds is 4. The molecule has 0 saturated heterocycles. The lowest BCUT2D eigenvalue weighted by Gasteiger charge is -2.51. The van der Waals surface area contributed by atoms with E-state index in [0.717, 1.165) is 42.8 Å². The van der Waals surface area contributed by atoms with Gasteiger partial charge < -0.3 is 19.5 Å². The molecule has 9 nitrogen and oxygen atoms in total. The Morgan fingerprint density at radius 1 is 1.16 bits per heavy atom. The number of benzene rings is 2. The summed E-state index contributed by atoms with van der Waals surface area (Å²) in [7, 11) is -2.30. The minimum Gasteiger partial charge on any atom is -0.490 e. The monoisotopic (exact) mass is 733 g/mol. The van der Waals surface area contributed by atoms with E-state index in [-0.39, 0.29) is 28.7 Å². The van der Waals surface area contributed by atoms with Gasteiger partial charge >= 0.3 is 0 Å². The third-order valence-corrected chi connectivity index (χ3v) is 14.3. The molecule has 3 aromatic rings. The number of ether oxygens (including phenoxy) is 2. The summed E-state index contributed by atoms with van der Waals surface area (Å²) in [5.74, 6) is -0.0282. The van der Waals surface area contributed by atoms with Gasteiger partial charge in [0.05, 0.1) is 34.9 Å². The number of allylic oxidation sites excluding steroid dienone is 1. The van der Waals surface area contributed by atoms with Gasteiger partial charge in [-0.3, -0.25) is 9.78 Å². The average Bonchev–Trinajstić information content (AvgIpc) is 3.25. The maximum absolute atomic E-state index is 13.6. The maximum atomic E-state index is 13.6. The first kappa shape index (κ1) is 35.9. The summed E-state index contributed by atoms with van der Waals surface area (Å²) in [5, 5.41) is 11.4. The first-order valence-corrected chi connectivity index (χ1v) is 20.0. The van der Waals surface area contributed by atoms with Crippen LogP contribution in [0.15, 0.2) is 72.9 Å². The molecular formula is C40H48ClN3O6S.